The first-order valence-electron chi connectivity index (χ1n) is 9.54. The van der Waals surface area contributed by atoms with Gasteiger partial charge < -0.3 is 15.0 Å². The first kappa shape index (κ1) is 15.5. The molecule has 0 bridgehead atoms. The molecule has 0 aliphatic carbocycles. The van der Waals surface area contributed by atoms with E-state index in [0.717, 1.165) is 26.2 Å². The number of rotatable bonds is 2. The Balaban J connectivity index is 1.64. The number of benzene rings is 1. The molecule has 0 saturated carbocycles. The summed E-state index contributed by atoms with van der Waals surface area (Å²) in [5, 5.41) is 3.56. The van der Waals surface area contributed by atoms with Crippen LogP contribution in [0, 0.1) is 6.92 Å². The molecule has 3 heterocycles. The van der Waals surface area contributed by atoms with Gasteiger partial charge in [0.15, 0.2) is 0 Å². The molecule has 1 aromatic rings. The van der Waals surface area contributed by atoms with Crippen molar-refractivity contribution < 1.29 is 4.74 Å². The van der Waals surface area contributed by atoms with Crippen LogP contribution in [0.15, 0.2) is 6.07 Å². The van der Waals surface area contributed by atoms with Crippen LogP contribution in [-0.2, 0) is 24.0 Å². The zero-order valence-electron chi connectivity index (χ0n) is 14.5. The van der Waals surface area contributed by atoms with E-state index in [2.05, 4.69) is 23.2 Å². The van der Waals surface area contributed by atoms with Gasteiger partial charge in [-0.05, 0) is 87.2 Å². The average molecular weight is 314 g/mol. The summed E-state index contributed by atoms with van der Waals surface area (Å²) in [5.74, 6) is 0. The molecule has 1 unspecified atom stereocenters. The van der Waals surface area contributed by atoms with Crippen molar-refractivity contribution in [1.29, 1.82) is 0 Å². The van der Waals surface area contributed by atoms with Gasteiger partial charge in [-0.1, -0.05) is 6.07 Å². The fraction of sp³-hybridized carbons (Fsp3) is 0.700. The largest absolute Gasteiger partial charge is 0.376 e. The minimum absolute atomic E-state index is 0.439. The monoisotopic (exact) mass is 314 g/mol. The number of ether oxygens (including phenoxy) is 1. The Bertz CT molecular complexity index is 563. The second-order valence-electron chi connectivity index (χ2n) is 7.44. The summed E-state index contributed by atoms with van der Waals surface area (Å²) >= 11 is 0. The summed E-state index contributed by atoms with van der Waals surface area (Å²) in [6, 6.07) is 2.53. The molecule has 3 nitrogen and oxygen atoms in total. The van der Waals surface area contributed by atoms with Crippen molar-refractivity contribution in [3.63, 3.8) is 0 Å². The van der Waals surface area contributed by atoms with E-state index in [1.807, 2.05) is 0 Å². The van der Waals surface area contributed by atoms with Crippen molar-refractivity contribution >= 4 is 5.69 Å². The molecule has 23 heavy (non-hydrogen) atoms. The lowest BCUT2D eigenvalue weighted by atomic mass is 9.88. The van der Waals surface area contributed by atoms with Gasteiger partial charge in [0.1, 0.15) is 0 Å². The van der Waals surface area contributed by atoms with Crippen molar-refractivity contribution in [2.24, 2.45) is 0 Å². The van der Waals surface area contributed by atoms with Crippen LogP contribution < -0.4 is 10.2 Å². The van der Waals surface area contributed by atoms with Crippen LogP contribution in [0.4, 0.5) is 5.69 Å². The third-order valence-corrected chi connectivity index (χ3v) is 5.86. The Kier molecular flexibility index (Phi) is 4.59. The molecule has 1 saturated heterocycles. The van der Waals surface area contributed by atoms with Gasteiger partial charge >= 0.3 is 0 Å². The normalized spacial score (nSPS) is 24.7. The van der Waals surface area contributed by atoms with Crippen LogP contribution in [0.2, 0.25) is 0 Å². The predicted octanol–water partition coefficient (Wildman–Crippen LogP) is 3.00. The highest BCUT2D eigenvalue weighted by molar-refractivity contribution is 5.65. The van der Waals surface area contributed by atoms with E-state index in [0.29, 0.717) is 6.10 Å². The van der Waals surface area contributed by atoms with Gasteiger partial charge in [-0.3, -0.25) is 0 Å². The van der Waals surface area contributed by atoms with Crippen molar-refractivity contribution in [3.05, 3.63) is 28.3 Å². The van der Waals surface area contributed by atoms with Crippen LogP contribution >= 0.6 is 0 Å². The predicted molar refractivity (Wildman–Crippen MR) is 95.6 cm³/mol. The van der Waals surface area contributed by atoms with Gasteiger partial charge in [0, 0.05) is 25.4 Å². The summed E-state index contributed by atoms with van der Waals surface area (Å²) in [6.45, 7) is 7.86. The van der Waals surface area contributed by atoms with E-state index in [4.69, 9.17) is 4.74 Å². The summed E-state index contributed by atoms with van der Waals surface area (Å²) in [6.07, 6.45) is 9.16. The molecule has 3 aliphatic heterocycles. The first-order valence-corrected chi connectivity index (χ1v) is 9.54. The molecule has 126 valence electrons. The molecule has 0 aromatic heterocycles. The zero-order valence-corrected chi connectivity index (χ0v) is 14.5. The highest BCUT2D eigenvalue weighted by Gasteiger charge is 2.26. The van der Waals surface area contributed by atoms with Gasteiger partial charge in [-0.15, -0.1) is 0 Å². The fourth-order valence-corrected chi connectivity index (χ4v) is 4.71. The van der Waals surface area contributed by atoms with Crippen molar-refractivity contribution in [1.82, 2.24) is 5.32 Å². The topological polar surface area (TPSA) is 24.5 Å². The zero-order chi connectivity index (χ0) is 15.6. The lowest BCUT2D eigenvalue weighted by molar-refractivity contribution is 0.0208. The Morgan fingerprint density at radius 3 is 2.91 bits per heavy atom. The third-order valence-electron chi connectivity index (χ3n) is 5.86. The van der Waals surface area contributed by atoms with Gasteiger partial charge in [-0.2, -0.15) is 0 Å². The smallest absolute Gasteiger partial charge is 0.0749 e. The SMILES string of the molecule is Cc1c2c(cc3c1N(CC1CCCCO1)CCC3)CCNCC2. The molecule has 3 heteroatoms. The quantitative estimate of drug-likeness (QED) is 0.908. The highest BCUT2D eigenvalue weighted by Crippen LogP contribution is 2.36. The van der Waals surface area contributed by atoms with Gasteiger partial charge in [0.05, 0.1) is 6.10 Å². The Morgan fingerprint density at radius 1 is 1.13 bits per heavy atom. The number of aryl methyl sites for hydroxylation is 1. The van der Waals surface area contributed by atoms with Gasteiger partial charge in [0.2, 0.25) is 0 Å². The number of fused-ring (bicyclic) bond motifs is 2. The maximum absolute atomic E-state index is 6.02. The molecular formula is C20H30N2O. The second-order valence-corrected chi connectivity index (χ2v) is 7.44. The van der Waals surface area contributed by atoms with E-state index in [9.17, 15) is 0 Å². The minimum Gasteiger partial charge on any atom is -0.376 e. The standard InChI is InChI=1S/C20H30N2O/c1-15-19-8-10-21-9-7-16(19)13-17-5-4-11-22(20(15)17)14-18-6-2-3-12-23-18/h13,18,21H,2-12,14H2,1H3. The molecule has 1 atom stereocenters. The number of hydrogen-bond acceptors (Lipinski definition) is 3. The molecule has 0 amide bonds. The van der Waals surface area contributed by atoms with E-state index in [-0.39, 0.29) is 0 Å². The lowest BCUT2D eigenvalue weighted by Crippen LogP contribution is -2.39. The maximum atomic E-state index is 6.02. The highest BCUT2D eigenvalue weighted by atomic mass is 16.5. The number of nitrogens with one attached hydrogen (secondary N) is 1. The average Bonchev–Trinajstić information content (AvgIpc) is 2.82. The summed E-state index contributed by atoms with van der Waals surface area (Å²) in [7, 11) is 0. The van der Waals surface area contributed by atoms with Crippen LogP contribution in [0.3, 0.4) is 0 Å². The third kappa shape index (κ3) is 3.14. The van der Waals surface area contributed by atoms with Crippen molar-refractivity contribution in [2.45, 2.75) is 58.0 Å². The molecule has 0 spiro atoms. The minimum atomic E-state index is 0.439. The Morgan fingerprint density at radius 2 is 2.04 bits per heavy atom. The number of anilines is 1. The van der Waals surface area contributed by atoms with E-state index >= 15 is 0 Å². The lowest BCUT2D eigenvalue weighted by Gasteiger charge is -2.37. The Hall–Kier alpha value is -1.06. The van der Waals surface area contributed by atoms with Crippen molar-refractivity contribution in [2.75, 3.05) is 37.7 Å². The van der Waals surface area contributed by atoms with E-state index < -0.39 is 0 Å². The van der Waals surface area contributed by atoms with Crippen LogP contribution in [0.25, 0.3) is 0 Å². The van der Waals surface area contributed by atoms with Gasteiger partial charge in [0.25, 0.3) is 0 Å². The van der Waals surface area contributed by atoms with Crippen molar-refractivity contribution in [3.8, 4) is 0 Å². The van der Waals surface area contributed by atoms with Crippen LogP contribution in [0.1, 0.15) is 47.9 Å². The number of nitrogens with zero attached hydrogens (tertiary/aromatic N) is 1. The maximum Gasteiger partial charge on any atom is 0.0749 e. The molecule has 3 aliphatic rings. The molecule has 1 fully saturated rings. The van der Waals surface area contributed by atoms with E-state index in [1.54, 1.807) is 27.9 Å². The van der Waals surface area contributed by atoms with Crippen LogP contribution in [-0.4, -0.2) is 38.9 Å². The molecule has 0 radical (unpaired) electrons. The fourth-order valence-electron chi connectivity index (χ4n) is 4.71. The van der Waals surface area contributed by atoms with Gasteiger partial charge in [-0.25, -0.2) is 0 Å². The first-order chi connectivity index (χ1) is 11.3. The molecular weight excluding hydrogens is 284 g/mol. The summed E-state index contributed by atoms with van der Waals surface area (Å²) in [4.78, 5) is 2.64. The summed E-state index contributed by atoms with van der Waals surface area (Å²) < 4.78 is 6.02. The van der Waals surface area contributed by atoms with Crippen LogP contribution in [0.5, 0.6) is 0 Å². The summed E-state index contributed by atoms with van der Waals surface area (Å²) in [5.41, 5.74) is 7.90. The molecule has 1 aromatic carbocycles. The molecule has 4 rings (SSSR count). The van der Waals surface area contributed by atoms with E-state index in [1.165, 1.54) is 51.5 Å². The Labute approximate surface area is 140 Å². The number of hydrogen-bond donors (Lipinski definition) is 1. The molecule has 1 N–H and O–H groups in total. The second kappa shape index (κ2) is 6.82.